The molecular formula is C12H29ClNO5PSi. The number of alkyl carbamates (subject to hydrolysis) is 1. The van der Waals surface area contributed by atoms with Gasteiger partial charge in [0.05, 0.1) is 0 Å². The van der Waals surface area contributed by atoms with E-state index in [2.05, 4.69) is 5.32 Å². The Balaban J connectivity index is 4.89. The van der Waals surface area contributed by atoms with E-state index < -0.39 is 20.9 Å². The number of halogens is 1. The van der Waals surface area contributed by atoms with Crippen molar-refractivity contribution in [3.05, 3.63) is 0 Å². The fourth-order valence-corrected chi connectivity index (χ4v) is 4.35. The van der Waals surface area contributed by atoms with Crippen LogP contribution in [-0.4, -0.2) is 67.7 Å². The number of carbonyl (C=O) groups excluding carboxylic acids is 1. The molecular weight excluding hydrogens is 333 g/mol. The molecule has 0 fully saturated rings. The van der Waals surface area contributed by atoms with E-state index in [0.29, 0.717) is 6.42 Å². The summed E-state index contributed by atoms with van der Waals surface area (Å²) in [6.45, 7) is 9.51. The number of hydrogen-bond acceptors (Lipinski definition) is 5. The Morgan fingerprint density at radius 2 is 1.62 bits per heavy atom. The van der Waals surface area contributed by atoms with Crippen molar-refractivity contribution < 1.29 is 22.8 Å². The molecule has 128 valence electrons. The van der Waals surface area contributed by atoms with Gasteiger partial charge in [-0.05, 0) is 0 Å². The average molecular weight is 362 g/mol. The van der Waals surface area contributed by atoms with Gasteiger partial charge in [-0.3, -0.25) is 0 Å². The predicted molar refractivity (Wildman–Crippen MR) is 90.5 cm³/mol. The fourth-order valence-electron chi connectivity index (χ4n) is 1.63. The molecule has 9 heteroatoms. The van der Waals surface area contributed by atoms with Gasteiger partial charge >= 0.3 is 133 Å². The molecule has 0 radical (unpaired) electrons. The molecule has 0 aromatic rings. The second kappa shape index (κ2) is 7.57. The Labute approximate surface area is 133 Å². The normalized spacial score (nSPS) is 17.5. The van der Waals surface area contributed by atoms with Crippen LogP contribution < -0.4 is 5.32 Å². The van der Waals surface area contributed by atoms with E-state index in [0.717, 1.165) is 0 Å². The van der Waals surface area contributed by atoms with Crippen LogP contribution in [0, 0.1) is 0 Å². The maximum absolute atomic E-state index is 12.1. The minimum atomic E-state index is -2.96. The molecule has 1 N–H and O–H groups in total. The molecule has 0 spiro atoms. The summed E-state index contributed by atoms with van der Waals surface area (Å²) >= 11 is 6.49. The summed E-state index contributed by atoms with van der Waals surface area (Å²) in [7, 11) is 1.56. The third-order valence-electron chi connectivity index (χ3n) is 3.49. The first-order chi connectivity index (χ1) is 9.42. The van der Waals surface area contributed by atoms with Crippen molar-refractivity contribution in [1.82, 2.24) is 5.32 Å². The molecule has 21 heavy (non-hydrogen) atoms. The van der Waals surface area contributed by atoms with Gasteiger partial charge in [-0.1, -0.05) is 0 Å². The summed E-state index contributed by atoms with van der Waals surface area (Å²) in [6.07, 6.45) is 0.0534. The molecule has 1 amide bonds. The van der Waals surface area contributed by atoms with Gasteiger partial charge in [0.15, 0.2) is 0 Å². The van der Waals surface area contributed by atoms with Crippen molar-refractivity contribution in [3.63, 3.8) is 0 Å². The Kier molecular flexibility index (Phi) is 7.60. The molecule has 0 saturated carbocycles. The fraction of sp³-hybridized carbons (Fsp3) is 0.917. The van der Waals surface area contributed by atoms with E-state index in [1.54, 1.807) is 6.92 Å². The van der Waals surface area contributed by atoms with Crippen LogP contribution in [0.2, 0.25) is 0 Å². The van der Waals surface area contributed by atoms with Crippen molar-refractivity contribution in [2.45, 2.75) is 31.8 Å². The van der Waals surface area contributed by atoms with E-state index in [9.17, 15) is 4.79 Å². The minimum absolute atomic E-state index is 0.362. The second-order valence-electron chi connectivity index (χ2n) is 6.05. The molecule has 0 aliphatic heterocycles. The summed E-state index contributed by atoms with van der Waals surface area (Å²) in [5.74, 6) is -2.88. The monoisotopic (exact) mass is 361 g/mol. The number of nitrogens with one attached hydrogen (secondary N) is 1. The summed E-state index contributed by atoms with van der Waals surface area (Å²) in [5, 5.41) is 2.77. The van der Waals surface area contributed by atoms with Crippen LogP contribution in [0.25, 0.3) is 0 Å². The molecule has 0 aromatic heterocycles. The predicted octanol–water partition coefficient (Wildman–Crippen LogP) is 2.85. The van der Waals surface area contributed by atoms with Gasteiger partial charge in [-0.2, -0.15) is 0 Å². The Bertz CT molecular complexity index is 342. The second-order valence-corrected chi connectivity index (χ2v) is 19.0. The van der Waals surface area contributed by atoms with Crippen LogP contribution in [0.5, 0.6) is 0 Å². The first-order valence-electron chi connectivity index (χ1n) is 6.77. The van der Waals surface area contributed by atoms with Gasteiger partial charge in [0, 0.05) is 0 Å². The Morgan fingerprint density at radius 1 is 1.19 bits per heavy atom. The SMILES string of the molecule is CCC(NC(=O)OC(C)P(C)(C)(C)Cl)[Si](OC)(OC)OC. The van der Waals surface area contributed by atoms with Crippen molar-refractivity contribution in [1.29, 1.82) is 0 Å². The zero-order chi connectivity index (χ0) is 16.9. The standard InChI is InChI=1S/C12H29ClNO5PSi/c1-9-11(21(16-3,17-4)18-5)14-12(15)19-10(2)20(6,7,8)13/h10-11H,9H2,1-8H3,(H,14,15). The summed E-state index contributed by atoms with van der Waals surface area (Å²) < 4.78 is 21.6. The van der Waals surface area contributed by atoms with Crippen LogP contribution in [0.15, 0.2) is 0 Å². The van der Waals surface area contributed by atoms with Crippen LogP contribution in [0.3, 0.4) is 0 Å². The van der Waals surface area contributed by atoms with Gasteiger partial charge in [0.25, 0.3) is 0 Å². The van der Waals surface area contributed by atoms with E-state index in [4.69, 9.17) is 29.3 Å². The number of carbonyl (C=O) groups is 1. The first kappa shape index (κ1) is 21.1. The zero-order valence-electron chi connectivity index (χ0n) is 14.2. The van der Waals surface area contributed by atoms with Gasteiger partial charge in [-0.25, -0.2) is 0 Å². The van der Waals surface area contributed by atoms with Gasteiger partial charge in [0.2, 0.25) is 0 Å². The Morgan fingerprint density at radius 3 is 1.90 bits per heavy atom. The molecule has 6 nitrogen and oxygen atoms in total. The van der Waals surface area contributed by atoms with Crippen LogP contribution in [0.4, 0.5) is 4.79 Å². The average Bonchev–Trinajstić information content (AvgIpc) is 2.37. The molecule has 2 atom stereocenters. The van der Waals surface area contributed by atoms with E-state index in [-0.39, 0.29) is 11.5 Å². The Hall–Kier alpha value is 0.0869. The molecule has 0 aliphatic carbocycles. The quantitative estimate of drug-likeness (QED) is 0.532. The van der Waals surface area contributed by atoms with Crippen molar-refractivity contribution >= 4 is 32.1 Å². The number of ether oxygens (including phenoxy) is 1. The molecule has 0 bridgehead atoms. The molecule has 0 aliphatic rings. The molecule has 0 saturated heterocycles. The van der Waals surface area contributed by atoms with Crippen LogP contribution in [0.1, 0.15) is 20.3 Å². The summed E-state index contributed by atoms with van der Waals surface area (Å²) in [6, 6.07) is 0. The van der Waals surface area contributed by atoms with Crippen molar-refractivity contribution in [2.24, 2.45) is 0 Å². The molecule has 0 aromatic carbocycles. The van der Waals surface area contributed by atoms with Gasteiger partial charge in [0.1, 0.15) is 0 Å². The molecule has 2 unspecified atom stereocenters. The first-order valence-corrected chi connectivity index (χ1v) is 13.1. The topological polar surface area (TPSA) is 66.0 Å². The molecule has 0 rings (SSSR count). The van der Waals surface area contributed by atoms with E-state index in [1.165, 1.54) is 21.3 Å². The third-order valence-corrected chi connectivity index (χ3v) is 9.99. The van der Waals surface area contributed by atoms with Gasteiger partial charge in [-0.15, -0.1) is 0 Å². The van der Waals surface area contributed by atoms with Crippen molar-refractivity contribution in [3.8, 4) is 0 Å². The van der Waals surface area contributed by atoms with E-state index >= 15 is 0 Å². The van der Waals surface area contributed by atoms with Crippen LogP contribution in [-0.2, 0) is 18.0 Å². The van der Waals surface area contributed by atoms with E-state index in [1.807, 2.05) is 26.9 Å². The van der Waals surface area contributed by atoms with Crippen LogP contribution >= 0.6 is 17.2 Å². The van der Waals surface area contributed by atoms with Gasteiger partial charge < -0.3 is 0 Å². The molecule has 0 heterocycles. The number of amides is 1. The summed E-state index contributed by atoms with van der Waals surface area (Å²) in [5.41, 5.74) is -0.385. The zero-order valence-corrected chi connectivity index (χ0v) is 16.9. The number of rotatable bonds is 8. The summed E-state index contributed by atoms with van der Waals surface area (Å²) in [4.78, 5) is 12.1. The third kappa shape index (κ3) is 6.00. The number of hydrogen-bond donors (Lipinski definition) is 1. The van der Waals surface area contributed by atoms with Crippen molar-refractivity contribution in [2.75, 3.05) is 41.3 Å². The maximum atomic E-state index is 12.1.